The Kier molecular flexibility index (Phi) is 5.17. The fourth-order valence-electron chi connectivity index (χ4n) is 1.51. The Morgan fingerprint density at radius 1 is 1.68 bits per heavy atom. The lowest BCUT2D eigenvalue weighted by Gasteiger charge is -2.25. The van der Waals surface area contributed by atoms with Crippen molar-refractivity contribution in [2.75, 3.05) is 6.54 Å². The van der Waals surface area contributed by atoms with Gasteiger partial charge in [-0.25, -0.2) is 0 Å². The van der Waals surface area contributed by atoms with E-state index in [4.69, 9.17) is 0 Å². The number of aromatic nitrogens is 1. The second-order valence-corrected chi connectivity index (χ2v) is 4.97. The molecular weight excluding hydrogens is 314 g/mol. The molecule has 0 fully saturated rings. The summed E-state index contributed by atoms with van der Waals surface area (Å²) in [5.41, 5.74) is 0.220. The fourth-order valence-corrected chi connectivity index (χ4v) is 1.90. The Morgan fingerprint density at radius 2 is 2.32 bits per heavy atom. The van der Waals surface area contributed by atoms with Gasteiger partial charge < -0.3 is 15.0 Å². The molecule has 1 amide bonds. The summed E-state index contributed by atoms with van der Waals surface area (Å²) in [4.78, 5) is 27.6. The van der Waals surface area contributed by atoms with Crippen LogP contribution in [0.1, 0.15) is 24.2 Å². The highest BCUT2D eigenvalue weighted by atomic mass is 79.9. The van der Waals surface area contributed by atoms with Crippen LogP contribution in [0.2, 0.25) is 0 Å². The summed E-state index contributed by atoms with van der Waals surface area (Å²) in [6.07, 6.45) is 2.87. The van der Waals surface area contributed by atoms with Gasteiger partial charge in [0.2, 0.25) is 0 Å². The van der Waals surface area contributed by atoms with Gasteiger partial charge in [-0.15, -0.1) is 6.58 Å². The van der Waals surface area contributed by atoms with Gasteiger partial charge in [-0.3, -0.25) is 4.79 Å². The van der Waals surface area contributed by atoms with Crippen molar-refractivity contribution in [3.63, 3.8) is 0 Å². The minimum absolute atomic E-state index is 0.0374. The molecule has 0 aliphatic carbocycles. The first-order valence-corrected chi connectivity index (χ1v) is 6.39. The average Bonchev–Trinajstić information content (AvgIpc) is 2.35. The number of amides is 1. The Bertz CT molecular complexity index is 517. The predicted octanol–water partition coefficient (Wildman–Crippen LogP) is 2.79. The molecule has 0 saturated carbocycles. The molecule has 7 heteroatoms. The lowest BCUT2D eigenvalue weighted by Crippen LogP contribution is -2.37. The van der Waals surface area contributed by atoms with Gasteiger partial charge in [-0.05, 0) is 39.7 Å². The van der Waals surface area contributed by atoms with Crippen LogP contribution < -0.4 is 0 Å². The number of nitro groups is 1. The van der Waals surface area contributed by atoms with E-state index in [0.29, 0.717) is 11.0 Å². The first-order valence-electron chi connectivity index (χ1n) is 5.60. The molecular formula is C12H14BrN3O3. The molecule has 0 bridgehead atoms. The van der Waals surface area contributed by atoms with E-state index in [0.717, 1.165) is 0 Å². The van der Waals surface area contributed by atoms with E-state index >= 15 is 0 Å². The number of carbonyl (C=O) groups excluding carboxylic acids is 1. The highest BCUT2D eigenvalue weighted by Crippen LogP contribution is 2.22. The first kappa shape index (κ1) is 15.3. The van der Waals surface area contributed by atoms with Gasteiger partial charge in [0.25, 0.3) is 5.91 Å². The normalized spacial score (nSPS) is 10.3. The lowest BCUT2D eigenvalue weighted by atomic mass is 10.2. The van der Waals surface area contributed by atoms with Crippen molar-refractivity contribution in [3.05, 3.63) is 45.1 Å². The number of carbonyl (C=O) groups is 1. The lowest BCUT2D eigenvalue weighted by molar-refractivity contribution is -0.389. The number of rotatable bonds is 5. The van der Waals surface area contributed by atoms with E-state index < -0.39 is 4.92 Å². The van der Waals surface area contributed by atoms with Gasteiger partial charge in [0.15, 0.2) is 6.20 Å². The second-order valence-electron chi connectivity index (χ2n) is 4.12. The third kappa shape index (κ3) is 3.60. The predicted molar refractivity (Wildman–Crippen MR) is 75.0 cm³/mol. The maximum Gasteiger partial charge on any atom is 0.364 e. The van der Waals surface area contributed by atoms with Crippen molar-refractivity contribution in [1.82, 2.24) is 9.88 Å². The summed E-state index contributed by atoms with van der Waals surface area (Å²) < 4.78 is 0.429. The Hall–Kier alpha value is -1.76. The maximum absolute atomic E-state index is 12.4. The summed E-state index contributed by atoms with van der Waals surface area (Å²) in [6, 6.07) is 1.13. The topological polar surface area (TPSA) is 76.3 Å². The molecule has 1 heterocycles. The van der Waals surface area contributed by atoms with Crippen LogP contribution in [-0.2, 0) is 0 Å². The molecule has 1 aromatic rings. The van der Waals surface area contributed by atoms with Crippen LogP contribution in [0.4, 0.5) is 5.82 Å². The Morgan fingerprint density at radius 3 is 2.79 bits per heavy atom. The molecule has 0 saturated heterocycles. The fraction of sp³-hybridized carbons (Fsp3) is 0.333. The van der Waals surface area contributed by atoms with Crippen LogP contribution in [0.5, 0.6) is 0 Å². The van der Waals surface area contributed by atoms with Crippen molar-refractivity contribution in [2.24, 2.45) is 0 Å². The number of halogens is 1. The van der Waals surface area contributed by atoms with Crippen LogP contribution in [0.25, 0.3) is 0 Å². The molecule has 0 radical (unpaired) electrons. The smallest absolute Gasteiger partial charge is 0.358 e. The van der Waals surface area contributed by atoms with Gasteiger partial charge in [0.1, 0.15) is 0 Å². The van der Waals surface area contributed by atoms with Gasteiger partial charge in [0, 0.05) is 18.7 Å². The van der Waals surface area contributed by atoms with Gasteiger partial charge >= 0.3 is 5.82 Å². The molecule has 0 atom stereocenters. The zero-order chi connectivity index (χ0) is 14.6. The molecule has 1 aromatic heterocycles. The SMILES string of the molecule is C=CCN(C(=O)c1cc([N+](=O)[O-])ncc1Br)C(C)C. The highest BCUT2D eigenvalue weighted by molar-refractivity contribution is 9.10. The monoisotopic (exact) mass is 327 g/mol. The molecule has 102 valence electrons. The zero-order valence-electron chi connectivity index (χ0n) is 10.7. The van der Waals surface area contributed by atoms with E-state index in [1.54, 1.807) is 11.0 Å². The third-order valence-corrected chi connectivity index (χ3v) is 3.10. The van der Waals surface area contributed by atoms with E-state index in [2.05, 4.69) is 27.5 Å². The number of pyridine rings is 1. The minimum Gasteiger partial charge on any atom is -0.358 e. The molecule has 6 nitrogen and oxygen atoms in total. The maximum atomic E-state index is 12.4. The van der Waals surface area contributed by atoms with Crippen LogP contribution in [0.15, 0.2) is 29.4 Å². The highest BCUT2D eigenvalue weighted by Gasteiger charge is 2.23. The molecule has 0 N–H and O–H groups in total. The number of nitrogens with zero attached hydrogens (tertiary/aromatic N) is 3. The summed E-state index contributed by atoms with van der Waals surface area (Å²) in [5.74, 6) is -0.652. The van der Waals surface area contributed by atoms with Gasteiger partial charge in [0.05, 0.1) is 10.0 Å². The standard InChI is InChI=1S/C12H14BrN3O3/c1-4-5-15(8(2)3)12(17)9-6-11(16(18)19)14-7-10(9)13/h4,6-8H,1,5H2,2-3H3. The van der Waals surface area contributed by atoms with Crippen molar-refractivity contribution in [3.8, 4) is 0 Å². The van der Waals surface area contributed by atoms with Crippen LogP contribution in [0.3, 0.4) is 0 Å². The van der Waals surface area contributed by atoms with Crippen LogP contribution >= 0.6 is 15.9 Å². The van der Waals surface area contributed by atoms with Gasteiger partial charge in [-0.2, -0.15) is 0 Å². The summed E-state index contributed by atoms with van der Waals surface area (Å²) >= 11 is 3.19. The van der Waals surface area contributed by atoms with Crippen molar-refractivity contribution >= 4 is 27.7 Å². The minimum atomic E-state index is -0.629. The van der Waals surface area contributed by atoms with E-state index in [1.165, 1.54) is 12.3 Å². The van der Waals surface area contributed by atoms with Crippen molar-refractivity contribution in [2.45, 2.75) is 19.9 Å². The quantitative estimate of drug-likeness (QED) is 0.473. The molecule has 0 aliphatic rings. The average molecular weight is 328 g/mol. The molecule has 0 aliphatic heterocycles. The number of hydrogen-bond donors (Lipinski definition) is 0. The van der Waals surface area contributed by atoms with Crippen molar-refractivity contribution in [1.29, 1.82) is 0 Å². The third-order valence-electron chi connectivity index (χ3n) is 2.47. The van der Waals surface area contributed by atoms with Crippen LogP contribution in [-0.4, -0.2) is 33.3 Å². The first-order chi connectivity index (χ1) is 8.88. The summed E-state index contributed by atoms with van der Waals surface area (Å²) in [5, 5.41) is 10.7. The molecule has 0 aromatic carbocycles. The van der Waals surface area contributed by atoms with Crippen molar-refractivity contribution < 1.29 is 9.72 Å². The molecule has 19 heavy (non-hydrogen) atoms. The van der Waals surface area contributed by atoms with E-state index in [1.807, 2.05) is 13.8 Å². The zero-order valence-corrected chi connectivity index (χ0v) is 12.3. The Balaban J connectivity index is 3.19. The van der Waals surface area contributed by atoms with Gasteiger partial charge in [-0.1, -0.05) is 6.08 Å². The largest absolute Gasteiger partial charge is 0.364 e. The van der Waals surface area contributed by atoms with E-state index in [9.17, 15) is 14.9 Å². The van der Waals surface area contributed by atoms with Crippen LogP contribution in [0, 0.1) is 10.1 Å². The second kappa shape index (κ2) is 6.42. The summed E-state index contributed by atoms with van der Waals surface area (Å²) in [6.45, 7) is 7.71. The molecule has 1 rings (SSSR count). The molecule has 0 unspecified atom stereocenters. The Labute approximate surface area is 119 Å². The summed E-state index contributed by atoms with van der Waals surface area (Å²) in [7, 11) is 0. The number of hydrogen-bond acceptors (Lipinski definition) is 4. The van der Waals surface area contributed by atoms with E-state index in [-0.39, 0.29) is 23.3 Å². The molecule has 0 spiro atoms.